The maximum absolute atomic E-state index is 14.6. The van der Waals surface area contributed by atoms with Crippen LogP contribution in [0.4, 0.5) is 4.39 Å². The van der Waals surface area contributed by atoms with Crippen LogP contribution in [0.5, 0.6) is 0 Å². The van der Waals surface area contributed by atoms with E-state index < -0.39 is 6.04 Å². The number of nitrogens with zero attached hydrogens (tertiary/aromatic N) is 3. The molecular formula is C22H24FN3O2S. The van der Waals surface area contributed by atoms with E-state index in [4.69, 9.17) is 12.6 Å². The molecule has 1 aromatic heterocycles. The molecule has 0 amide bonds. The Bertz CT molecular complexity index is 966. The molecule has 2 aromatic rings. The van der Waals surface area contributed by atoms with Crippen molar-refractivity contribution in [1.29, 1.82) is 0 Å². The number of carbonyl (C=O) groups is 2. The summed E-state index contributed by atoms with van der Waals surface area (Å²) in [6, 6.07) is 7.75. The van der Waals surface area contributed by atoms with Crippen LogP contribution >= 0.6 is 12.6 Å². The first-order valence-corrected chi connectivity index (χ1v) is 10.4. The topological polar surface area (TPSA) is 55.2 Å². The van der Waals surface area contributed by atoms with Crippen LogP contribution < -0.4 is 0 Å². The second kappa shape index (κ2) is 8.24. The molecule has 0 N–H and O–H groups in total. The zero-order chi connectivity index (χ0) is 20.5. The number of ketones is 1. The van der Waals surface area contributed by atoms with E-state index in [0.29, 0.717) is 24.3 Å². The van der Waals surface area contributed by atoms with Crippen LogP contribution in [0.25, 0.3) is 6.08 Å². The molecule has 7 heteroatoms. The Balaban J connectivity index is 1.63. The van der Waals surface area contributed by atoms with Gasteiger partial charge in [0.2, 0.25) is 5.91 Å². The molecule has 1 aliphatic heterocycles. The molecule has 152 valence electrons. The summed E-state index contributed by atoms with van der Waals surface area (Å²) in [5.74, 6) is -0.359. The lowest BCUT2D eigenvalue weighted by atomic mass is 9.93. The second-order valence-corrected chi connectivity index (χ2v) is 8.42. The molecule has 1 saturated heterocycles. The van der Waals surface area contributed by atoms with E-state index in [1.807, 2.05) is 6.08 Å². The van der Waals surface area contributed by atoms with Crippen LogP contribution in [0.2, 0.25) is 0 Å². The van der Waals surface area contributed by atoms with Gasteiger partial charge in [0.15, 0.2) is 5.78 Å². The smallest absolute Gasteiger partial charge is 0.243 e. The third kappa shape index (κ3) is 4.36. The van der Waals surface area contributed by atoms with Gasteiger partial charge >= 0.3 is 0 Å². The van der Waals surface area contributed by atoms with Gasteiger partial charge in [-0.05, 0) is 43.0 Å². The average molecular weight is 414 g/mol. The van der Waals surface area contributed by atoms with Crippen molar-refractivity contribution in [3.63, 3.8) is 0 Å². The maximum atomic E-state index is 14.6. The maximum Gasteiger partial charge on any atom is 0.243 e. The van der Waals surface area contributed by atoms with Gasteiger partial charge in [0.05, 0.1) is 11.7 Å². The predicted octanol–water partition coefficient (Wildman–Crippen LogP) is 3.79. The van der Waals surface area contributed by atoms with Crippen molar-refractivity contribution in [2.45, 2.75) is 37.5 Å². The standard InChI is InChI=1S/C22H24FN3O2S/c1-14(27)26-11-8-17(24-26)12-16-13-25(10-9-20(16)29)21(22(28)15-6-7-15)18-4-2-3-5-19(18)23/h2-5,8,11-12,15,20-21,29H,6-7,9-10,13H2,1H3. The van der Waals surface area contributed by atoms with Crippen molar-refractivity contribution in [3.05, 3.63) is 59.2 Å². The average Bonchev–Trinajstić information content (AvgIpc) is 3.44. The largest absolute Gasteiger partial charge is 0.297 e. The first-order valence-electron chi connectivity index (χ1n) is 9.91. The minimum atomic E-state index is -0.581. The summed E-state index contributed by atoms with van der Waals surface area (Å²) < 4.78 is 15.9. The van der Waals surface area contributed by atoms with E-state index in [1.165, 1.54) is 17.7 Å². The quantitative estimate of drug-likeness (QED) is 0.758. The van der Waals surface area contributed by atoms with Gasteiger partial charge in [-0.15, -0.1) is 0 Å². The van der Waals surface area contributed by atoms with Crippen LogP contribution in [-0.4, -0.2) is 44.7 Å². The molecule has 1 aliphatic carbocycles. The van der Waals surface area contributed by atoms with Crippen LogP contribution in [0, 0.1) is 11.7 Å². The molecule has 2 atom stereocenters. The lowest BCUT2D eigenvalue weighted by Gasteiger charge is -2.37. The van der Waals surface area contributed by atoms with Crippen molar-refractivity contribution in [2.75, 3.05) is 13.1 Å². The van der Waals surface area contributed by atoms with Gasteiger partial charge in [0.1, 0.15) is 5.82 Å². The molecule has 4 rings (SSSR count). The SMILES string of the molecule is CC(=O)n1ccc(C=C2CN(C(C(=O)C3CC3)c3ccccc3F)CCC2S)n1. The van der Waals surface area contributed by atoms with Crippen LogP contribution in [0.1, 0.15) is 48.3 Å². The van der Waals surface area contributed by atoms with Crippen molar-refractivity contribution < 1.29 is 14.0 Å². The molecule has 0 spiro atoms. The number of thiol groups is 1. The number of piperidine rings is 1. The zero-order valence-corrected chi connectivity index (χ0v) is 17.2. The molecule has 2 heterocycles. The Hall–Kier alpha value is -2.25. The van der Waals surface area contributed by atoms with E-state index in [2.05, 4.69) is 10.00 Å². The Kier molecular flexibility index (Phi) is 5.69. The van der Waals surface area contributed by atoms with Gasteiger partial charge in [-0.3, -0.25) is 14.5 Å². The highest BCUT2D eigenvalue weighted by Crippen LogP contribution is 2.39. The summed E-state index contributed by atoms with van der Waals surface area (Å²) in [7, 11) is 0. The van der Waals surface area contributed by atoms with Crippen molar-refractivity contribution in [1.82, 2.24) is 14.7 Å². The van der Waals surface area contributed by atoms with Crippen LogP contribution in [-0.2, 0) is 4.79 Å². The van der Waals surface area contributed by atoms with Crippen LogP contribution in [0.15, 0.2) is 42.1 Å². The normalized spacial score (nSPS) is 22.6. The summed E-state index contributed by atoms with van der Waals surface area (Å²) in [4.78, 5) is 26.6. The Morgan fingerprint density at radius 3 is 2.66 bits per heavy atom. The Morgan fingerprint density at radius 1 is 1.24 bits per heavy atom. The van der Waals surface area contributed by atoms with E-state index in [9.17, 15) is 14.0 Å². The first kappa shape index (κ1) is 20.0. The first-order chi connectivity index (χ1) is 13.9. The molecular weight excluding hydrogens is 389 g/mol. The highest BCUT2D eigenvalue weighted by molar-refractivity contribution is 7.81. The van der Waals surface area contributed by atoms with E-state index in [1.54, 1.807) is 30.5 Å². The summed E-state index contributed by atoms with van der Waals surface area (Å²) in [6.07, 6.45) is 6.08. The predicted molar refractivity (Wildman–Crippen MR) is 112 cm³/mol. The lowest BCUT2D eigenvalue weighted by molar-refractivity contribution is -0.126. The number of aromatic nitrogens is 2. The fourth-order valence-corrected chi connectivity index (χ4v) is 4.12. The van der Waals surface area contributed by atoms with Gasteiger partial charge in [0, 0.05) is 42.9 Å². The molecule has 1 aromatic carbocycles. The van der Waals surface area contributed by atoms with Crippen LogP contribution in [0.3, 0.4) is 0 Å². The number of hydrogen-bond acceptors (Lipinski definition) is 5. The number of benzene rings is 1. The van der Waals surface area contributed by atoms with Crippen molar-refractivity contribution in [2.24, 2.45) is 5.92 Å². The lowest BCUT2D eigenvalue weighted by Crippen LogP contribution is -2.42. The fraction of sp³-hybridized carbons (Fsp3) is 0.409. The fourth-order valence-electron chi connectivity index (χ4n) is 3.85. The number of likely N-dealkylation sites (tertiary alicyclic amines) is 1. The van der Waals surface area contributed by atoms with Gasteiger partial charge in [-0.1, -0.05) is 18.2 Å². The molecule has 0 bridgehead atoms. The number of Topliss-reactive ketones (excluding diaryl/α,β-unsaturated/α-hetero) is 1. The molecule has 2 fully saturated rings. The van der Waals surface area contributed by atoms with E-state index >= 15 is 0 Å². The zero-order valence-electron chi connectivity index (χ0n) is 16.3. The summed E-state index contributed by atoms with van der Waals surface area (Å²) in [5, 5.41) is 4.30. The second-order valence-electron chi connectivity index (χ2n) is 7.80. The van der Waals surface area contributed by atoms with Crippen molar-refractivity contribution in [3.8, 4) is 0 Å². The van der Waals surface area contributed by atoms with Gasteiger partial charge in [-0.25, -0.2) is 9.07 Å². The number of rotatable bonds is 5. The van der Waals surface area contributed by atoms with Crippen molar-refractivity contribution >= 4 is 30.4 Å². The molecule has 2 aliphatic rings. The number of carbonyl (C=O) groups excluding carboxylic acids is 2. The molecule has 29 heavy (non-hydrogen) atoms. The molecule has 2 unspecified atom stereocenters. The highest BCUT2D eigenvalue weighted by Gasteiger charge is 2.40. The third-order valence-corrected chi connectivity index (χ3v) is 6.17. The highest BCUT2D eigenvalue weighted by atomic mass is 32.1. The minimum Gasteiger partial charge on any atom is -0.297 e. The molecule has 5 nitrogen and oxygen atoms in total. The Labute approximate surface area is 175 Å². The summed E-state index contributed by atoms with van der Waals surface area (Å²) >= 11 is 4.70. The summed E-state index contributed by atoms with van der Waals surface area (Å²) in [6.45, 7) is 2.64. The Morgan fingerprint density at radius 2 is 2.00 bits per heavy atom. The van der Waals surface area contributed by atoms with Gasteiger partial charge in [-0.2, -0.15) is 17.7 Å². The minimum absolute atomic E-state index is 0.0334. The number of hydrogen-bond donors (Lipinski definition) is 1. The monoisotopic (exact) mass is 413 g/mol. The molecule has 0 radical (unpaired) electrons. The van der Waals surface area contributed by atoms with Gasteiger partial charge in [0.25, 0.3) is 0 Å². The van der Waals surface area contributed by atoms with E-state index in [0.717, 1.165) is 24.8 Å². The van der Waals surface area contributed by atoms with Gasteiger partial charge < -0.3 is 0 Å². The third-order valence-electron chi connectivity index (χ3n) is 5.58. The van der Waals surface area contributed by atoms with E-state index in [-0.39, 0.29) is 28.7 Å². The number of halogens is 1. The molecule has 1 saturated carbocycles. The summed E-state index contributed by atoms with van der Waals surface area (Å²) in [5.41, 5.74) is 2.13.